The maximum atomic E-state index is 13.9. The van der Waals surface area contributed by atoms with Crippen molar-refractivity contribution in [3.05, 3.63) is 23.3 Å². The fourth-order valence-electron chi connectivity index (χ4n) is 1.79. The van der Waals surface area contributed by atoms with E-state index in [0.717, 1.165) is 0 Å². The standard InChI is InChI=1S/C10H11FN4O2/c11-9-6(4-13-15-7(9)3-12)5-1-2-8(16)14-10(5)17/h4-5H,1-3,12H2,(H,14,16,17). The predicted octanol–water partition coefficient (Wildman–Crippen LogP) is -0.405. The molecule has 1 aromatic heterocycles. The number of halogens is 1. The third kappa shape index (κ3) is 2.14. The minimum Gasteiger partial charge on any atom is -0.325 e. The zero-order valence-electron chi connectivity index (χ0n) is 8.94. The Bertz CT molecular complexity index is 477. The lowest BCUT2D eigenvalue weighted by Crippen LogP contribution is -2.40. The summed E-state index contributed by atoms with van der Waals surface area (Å²) in [6, 6.07) is 0. The van der Waals surface area contributed by atoms with Crippen molar-refractivity contribution in [2.75, 3.05) is 0 Å². The van der Waals surface area contributed by atoms with Crippen molar-refractivity contribution < 1.29 is 14.0 Å². The number of rotatable bonds is 2. The van der Waals surface area contributed by atoms with Gasteiger partial charge in [-0.3, -0.25) is 14.9 Å². The van der Waals surface area contributed by atoms with Crippen molar-refractivity contribution in [2.45, 2.75) is 25.3 Å². The number of hydrogen-bond acceptors (Lipinski definition) is 5. The van der Waals surface area contributed by atoms with E-state index < -0.39 is 17.6 Å². The summed E-state index contributed by atoms with van der Waals surface area (Å²) in [5, 5.41) is 9.32. The van der Waals surface area contributed by atoms with Gasteiger partial charge in [-0.15, -0.1) is 0 Å². The van der Waals surface area contributed by atoms with Gasteiger partial charge in [-0.25, -0.2) is 4.39 Å². The van der Waals surface area contributed by atoms with Crippen molar-refractivity contribution in [3.8, 4) is 0 Å². The van der Waals surface area contributed by atoms with E-state index in [9.17, 15) is 14.0 Å². The highest BCUT2D eigenvalue weighted by molar-refractivity contribution is 6.00. The molecule has 7 heteroatoms. The van der Waals surface area contributed by atoms with Crippen molar-refractivity contribution >= 4 is 11.8 Å². The average Bonchev–Trinajstić information content (AvgIpc) is 2.30. The summed E-state index contributed by atoms with van der Waals surface area (Å²) in [6.45, 7) is -0.0834. The molecule has 90 valence electrons. The van der Waals surface area contributed by atoms with Crippen LogP contribution in [0, 0.1) is 5.82 Å². The molecular formula is C10H11FN4O2. The first-order valence-corrected chi connectivity index (χ1v) is 5.17. The second-order valence-corrected chi connectivity index (χ2v) is 3.77. The SMILES string of the molecule is NCc1nncc(C2CCC(=O)NC2=O)c1F. The van der Waals surface area contributed by atoms with Gasteiger partial charge in [0.1, 0.15) is 5.69 Å². The number of carbonyl (C=O) groups excluding carboxylic acids is 2. The van der Waals surface area contributed by atoms with Crippen molar-refractivity contribution in [3.63, 3.8) is 0 Å². The molecule has 1 fully saturated rings. The third-order valence-electron chi connectivity index (χ3n) is 2.69. The summed E-state index contributed by atoms with van der Waals surface area (Å²) >= 11 is 0. The normalized spacial score (nSPS) is 20.2. The number of piperidine rings is 1. The summed E-state index contributed by atoms with van der Waals surface area (Å²) in [6.07, 6.45) is 1.67. The summed E-state index contributed by atoms with van der Waals surface area (Å²) in [7, 11) is 0. The number of nitrogens with zero attached hydrogens (tertiary/aromatic N) is 2. The Labute approximate surface area is 96.4 Å². The molecule has 0 bridgehead atoms. The van der Waals surface area contributed by atoms with Gasteiger partial charge in [0.05, 0.1) is 12.1 Å². The largest absolute Gasteiger partial charge is 0.325 e. The van der Waals surface area contributed by atoms with Gasteiger partial charge in [0.25, 0.3) is 0 Å². The molecule has 1 atom stereocenters. The molecule has 17 heavy (non-hydrogen) atoms. The van der Waals surface area contributed by atoms with Crippen LogP contribution in [-0.4, -0.2) is 22.0 Å². The van der Waals surface area contributed by atoms with Crippen LogP contribution >= 0.6 is 0 Å². The monoisotopic (exact) mass is 238 g/mol. The van der Waals surface area contributed by atoms with E-state index in [0.29, 0.717) is 0 Å². The zero-order valence-corrected chi connectivity index (χ0v) is 8.94. The molecule has 2 rings (SSSR count). The van der Waals surface area contributed by atoms with Gasteiger partial charge < -0.3 is 5.73 Å². The molecule has 1 aliphatic rings. The molecule has 1 unspecified atom stereocenters. The Kier molecular flexibility index (Phi) is 3.10. The van der Waals surface area contributed by atoms with E-state index in [1.807, 2.05) is 0 Å². The van der Waals surface area contributed by atoms with Crippen LogP contribution in [-0.2, 0) is 16.1 Å². The summed E-state index contributed by atoms with van der Waals surface area (Å²) in [5.41, 5.74) is 5.47. The Balaban J connectivity index is 2.34. The number of nitrogens with one attached hydrogen (secondary N) is 1. The fraction of sp³-hybridized carbons (Fsp3) is 0.400. The number of amides is 2. The van der Waals surface area contributed by atoms with Crippen LogP contribution in [0.15, 0.2) is 6.20 Å². The smallest absolute Gasteiger partial charge is 0.234 e. The Morgan fingerprint density at radius 2 is 2.29 bits per heavy atom. The van der Waals surface area contributed by atoms with E-state index in [-0.39, 0.29) is 36.6 Å². The number of hydrogen-bond donors (Lipinski definition) is 2. The molecule has 1 aromatic rings. The lowest BCUT2D eigenvalue weighted by atomic mass is 9.91. The number of nitrogens with two attached hydrogens (primary N) is 1. The van der Waals surface area contributed by atoms with E-state index >= 15 is 0 Å². The van der Waals surface area contributed by atoms with Crippen LogP contribution in [0.3, 0.4) is 0 Å². The van der Waals surface area contributed by atoms with E-state index in [2.05, 4.69) is 15.5 Å². The average molecular weight is 238 g/mol. The summed E-state index contributed by atoms with van der Waals surface area (Å²) in [4.78, 5) is 22.6. The van der Waals surface area contributed by atoms with Gasteiger partial charge in [0.15, 0.2) is 5.82 Å². The topological polar surface area (TPSA) is 98.0 Å². The van der Waals surface area contributed by atoms with Gasteiger partial charge >= 0.3 is 0 Å². The fourth-order valence-corrected chi connectivity index (χ4v) is 1.79. The first-order valence-electron chi connectivity index (χ1n) is 5.17. The predicted molar refractivity (Wildman–Crippen MR) is 55.0 cm³/mol. The number of imide groups is 1. The molecule has 0 aliphatic carbocycles. The lowest BCUT2D eigenvalue weighted by Gasteiger charge is -2.21. The van der Waals surface area contributed by atoms with Crippen molar-refractivity contribution in [1.29, 1.82) is 0 Å². The molecular weight excluding hydrogens is 227 g/mol. The van der Waals surface area contributed by atoms with Crippen molar-refractivity contribution in [2.24, 2.45) is 5.73 Å². The minimum absolute atomic E-state index is 0.0206. The van der Waals surface area contributed by atoms with Gasteiger partial charge in [-0.1, -0.05) is 0 Å². The first-order chi connectivity index (χ1) is 8.13. The Hall–Kier alpha value is -1.89. The molecule has 1 aliphatic heterocycles. The number of aromatic nitrogens is 2. The number of carbonyl (C=O) groups is 2. The highest BCUT2D eigenvalue weighted by Crippen LogP contribution is 2.26. The second kappa shape index (κ2) is 4.54. The Morgan fingerprint density at radius 1 is 1.53 bits per heavy atom. The van der Waals surface area contributed by atoms with Crippen LogP contribution in [0.1, 0.15) is 30.0 Å². The summed E-state index contributed by atoms with van der Waals surface area (Å²) in [5.74, 6) is -2.16. The van der Waals surface area contributed by atoms with Gasteiger partial charge in [0, 0.05) is 18.5 Å². The van der Waals surface area contributed by atoms with Crippen LogP contribution < -0.4 is 11.1 Å². The maximum Gasteiger partial charge on any atom is 0.234 e. The lowest BCUT2D eigenvalue weighted by molar-refractivity contribution is -0.134. The van der Waals surface area contributed by atoms with Crippen LogP contribution in [0.4, 0.5) is 4.39 Å². The van der Waals surface area contributed by atoms with E-state index in [4.69, 9.17) is 5.73 Å². The molecule has 2 amide bonds. The van der Waals surface area contributed by atoms with Gasteiger partial charge in [-0.2, -0.15) is 10.2 Å². The zero-order chi connectivity index (χ0) is 12.4. The van der Waals surface area contributed by atoms with E-state index in [1.54, 1.807) is 0 Å². The van der Waals surface area contributed by atoms with Crippen LogP contribution in [0.2, 0.25) is 0 Å². The molecule has 1 saturated heterocycles. The molecule has 6 nitrogen and oxygen atoms in total. The third-order valence-corrected chi connectivity index (χ3v) is 2.69. The summed E-state index contributed by atoms with van der Waals surface area (Å²) < 4.78 is 13.9. The molecule has 2 heterocycles. The van der Waals surface area contributed by atoms with Gasteiger partial charge in [-0.05, 0) is 6.42 Å². The quantitative estimate of drug-likeness (QED) is 0.683. The van der Waals surface area contributed by atoms with E-state index in [1.165, 1.54) is 6.20 Å². The molecule has 0 radical (unpaired) electrons. The highest BCUT2D eigenvalue weighted by atomic mass is 19.1. The van der Waals surface area contributed by atoms with Gasteiger partial charge in [0.2, 0.25) is 11.8 Å². The molecule has 3 N–H and O–H groups in total. The maximum absolute atomic E-state index is 13.9. The Morgan fingerprint density at radius 3 is 2.94 bits per heavy atom. The van der Waals surface area contributed by atoms with Crippen molar-refractivity contribution in [1.82, 2.24) is 15.5 Å². The highest BCUT2D eigenvalue weighted by Gasteiger charge is 2.31. The molecule has 0 aromatic carbocycles. The first kappa shape index (κ1) is 11.6. The molecule has 0 saturated carbocycles. The molecule has 0 spiro atoms. The second-order valence-electron chi connectivity index (χ2n) is 3.77. The van der Waals surface area contributed by atoms with Crippen LogP contribution in [0.5, 0.6) is 0 Å². The van der Waals surface area contributed by atoms with Crippen LogP contribution in [0.25, 0.3) is 0 Å². The minimum atomic E-state index is -0.700.